The molecule has 1 fully saturated rings. The molecule has 88 valence electrons. The number of aldehydes is 1. The van der Waals surface area contributed by atoms with Crippen LogP contribution >= 0.6 is 0 Å². The van der Waals surface area contributed by atoms with Crippen molar-refractivity contribution in [1.82, 2.24) is 15.0 Å². The summed E-state index contributed by atoms with van der Waals surface area (Å²) >= 11 is 0. The van der Waals surface area contributed by atoms with E-state index in [0.29, 0.717) is 11.6 Å². The van der Waals surface area contributed by atoms with Gasteiger partial charge in [0.15, 0.2) is 6.29 Å². The smallest absolute Gasteiger partial charge is 0.172 e. The maximum absolute atomic E-state index is 10.9. The van der Waals surface area contributed by atoms with Crippen LogP contribution in [0.1, 0.15) is 49.3 Å². The van der Waals surface area contributed by atoms with Crippen LogP contribution in [0.2, 0.25) is 0 Å². The van der Waals surface area contributed by atoms with Crippen molar-refractivity contribution in [1.29, 1.82) is 0 Å². The van der Waals surface area contributed by atoms with Gasteiger partial charge in [-0.1, -0.05) is 19.1 Å². The van der Waals surface area contributed by atoms with E-state index in [0.717, 1.165) is 37.3 Å². The normalized spacial score (nSPS) is 15.7. The highest BCUT2D eigenvalue weighted by Gasteiger charge is 2.24. The molecule has 4 heteroatoms. The number of nitrogens with zero attached hydrogens (tertiary/aromatic N) is 3. The molecule has 0 aliphatic heterocycles. The summed E-state index contributed by atoms with van der Waals surface area (Å²) in [6.45, 7) is 5.32. The lowest BCUT2D eigenvalue weighted by molar-refractivity contribution is 0.111. The average Bonchev–Trinajstić information content (AvgIpc) is 2.96. The summed E-state index contributed by atoms with van der Waals surface area (Å²) in [5, 5.41) is 8.02. The van der Waals surface area contributed by atoms with E-state index in [1.54, 1.807) is 0 Å². The SMILES string of the molecule is CC(C)CCc1c(C=O)nnn1CC1CC1. The molecule has 1 aliphatic rings. The molecule has 0 unspecified atom stereocenters. The van der Waals surface area contributed by atoms with Crippen molar-refractivity contribution in [3.63, 3.8) is 0 Å². The first-order valence-electron chi connectivity index (χ1n) is 6.08. The van der Waals surface area contributed by atoms with E-state index in [4.69, 9.17) is 0 Å². The topological polar surface area (TPSA) is 47.8 Å². The Kier molecular flexibility index (Phi) is 3.36. The lowest BCUT2D eigenvalue weighted by atomic mass is 10.1. The Morgan fingerprint density at radius 2 is 2.25 bits per heavy atom. The van der Waals surface area contributed by atoms with Crippen LogP contribution in [-0.2, 0) is 13.0 Å². The van der Waals surface area contributed by atoms with Crippen LogP contribution in [0.4, 0.5) is 0 Å². The first-order valence-corrected chi connectivity index (χ1v) is 6.08. The fourth-order valence-electron chi connectivity index (χ4n) is 1.81. The Labute approximate surface area is 96.0 Å². The Balaban J connectivity index is 2.09. The number of carbonyl (C=O) groups excluding carboxylic acids is 1. The number of rotatable bonds is 6. The third-order valence-corrected chi connectivity index (χ3v) is 3.07. The van der Waals surface area contributed by atoms with Crippen LogP contribution < -0.4 is 0 Å². The molecule has 1 saturated carbocycles. The molecule has 1 aliphatic carbocycles. The highest BCUT2D eigenvalue weighted by molar-refractivity contribution is 5.73. The zero-order valence-electron chi connectivity index (χ0n) is 10.0. The summed E-state index contributed by atoms with van der Waals surface area (Å²) in [6, 6.07) is 0. The van der Waals surface area contributed by atoms with E-state index >= 15 is 0 Å². The number of hydrogen-bond donors (Lipinski definition) is 0. The third-order valence-electron chi connectivity index (χ3n) is 3.07. The molecule has 0 spiro atoms. The zero-order valence-corrected chi connectivity index (χ0v) is 10.0. The van der Waals surface area contributed by atoms with E-state index in [2.05, 4.69) is 24.2 Å². The molecule has 2 rings (SSSR count). The largest absolute Gasteiger partial charge is 0.296 e. The van der Waals surface area contributed by atoms with E-state index < -0.39 is 0 Å². The van der Waals surface area contributed by atoms with E-state index in [9.17, 15) is 4.79 Å². The maximum atomic E-state index is 10.9. The quantitative estimate of drug-likeness (QED) is 0.691. The van der Waals surface area contributed by atoms with Gasteiger partial charge in [-0.3, -0.25) is 4.79 Å². The second-order valence-electron chi connectivity index (χ2n) is 5.10. The number of aromatic nitrogens is 3. The van der Waals surface area contributed by atoms with E-state index in [1.807, 2.05) is 4.68 Å². The molecule has 0 atom stereocenters. The molecule has 0 saturated heterocycles. The first kappa shape index (κ1) is 11.3. The monoisotopic (exact) mass is 221 g/mol. The van der Waals surface area contributed by atoms with Crippen LogP contribution in [-0.4, -0.2) is 21.3 Å². The third kappa shape index (κ3) is 2.68. The van der Waals surface area contributed by atoms with Gasteiger partial charge in [-0.05, 0) is 37.5 Å². The van der Waals surface area contributed by atoms with Gasteiger partial charge in [0.2, 0.25) is 0 Å². The highest BCUT2D eigenvalue weighted by Crippen LogP contribution is 2.31. The van der Waals surface area contributed by atoms with Gasteiger partial charge in [0.05, 0.1) is 5.69 Å². The van der Waals surface area contributed by atoms with Crippen molar-refractivity contribution in [2.45, 2.75) is 46.1 Å². The van der Waals surface area contributed by atoms with Gasteiger partial charge in [0.1, 0.15) is 5.69 Å². The molecule has 0 amide bonds. The summed E-state index contributed by atoms with van der Waals surface area (Å²) in [5.74, 6) is 1.41. The van der Waals surface area contributed by atoms with Crippen molar-refractivity contribution in [3.8, 4) is 0 Å². The summed E-state index contributed by atoms with van der Waals surface area (Å²) in [6.07, 6.45) is 5.40. The Morgan fingerprint density at radius 1 is 1.50 bits per heavy atom. The van der Waals surface area contributed by atoms with Gasteiger partial charge >= 0.3 is 0 Å². The predicted octanol–water partition coefficient (Wildman–Crippen LogP) is 2.09. The average molecular weight is 221 g/mol. The fourth-order valence-corrected chi connectivity index (χ4v) is 1.81. The summed E-state index contributed by atoms with van der Waals surface area (Å²) in [4.78, 5) is 10.9. The summed E-state index contributed by atoms with van der Waals surface area (Å²) < 4.78 is 1.93. The van der Waals surface area contributed by atoms with E-state index in [-0.39, 0.29) is 0 Å². The van der Waals surface area contributed by atoms with Gasteiger partial charge in [-0.15, -0.1) is 5.10 Å². The highest BCUT2D eigenvalue weighted by atomic mass is 16.1. The summed E-state index contributed by atoms with van der Waals surface area (Å²) in [7, 11) is 0. The Bertz CT molecular complexity index is 366. The predicted molar refractivity (Wildman–Crippen MR) is 61.3 cm³/mol. The molecule has 1 heterocycles. The minimum absolute atomic E-state index is 0.529. The van der Waals surface area contributed by atoms with Crippen LogP contribution in [0.5, 0.6) is 0 Å². The lowest BCUT2D eigenvalue weighted by Gasteiger charge is -2.07. The Hall–Kier alpha value is -1.19. The van der Waals surface area contributed by atoms with Gasteiger partial charge < -0.3 is 0 Å². The van der Waals surface area contributed by atoms with Gasteiger partial charge in [0, 0.05) is 6.54 Å². The molecule has 16 heavy (non-hydrogen) atoms. The molecule has 0 radical (unpaired) electrons. The molecule has 1 aromatic heterocycles. The van der Waals surface area contributed by atoms with Gasteiger partial charge in [-0.25, -0.2) is 4.68 Å². The lowest BCUT2D eigenvalue weighted by Crippen LogP contribution is -2.08. The second-order valence-corrected chi connectivity index (χ2v) is 5.10. The minimum atomic E-state index is 0.529. The molecule has 0 bridgehead atoms. The molecule has 4 nitrogen and oxygen atoms in total. The van der Waals surface area contributed by atoms with Gasteiger partial charge in [-0.2, -0.15) is 0 Å². The molecule has 0 N–H and O–H groups in total. The van der Waals surface area contributed by atoms with E-state index in [1.165, 1.54) is 12.8 Å². The van der Waals surface area contributed by atoms with Crippen molar-refractivity contribution < 1.29 is 4.79 Å². The second kappa shape index (κ2) is 4.76. The molecule has 1 aromatic rings. The molecule has 0 aromatic carbocycles. The van der Waals surface area contributed by atoms with Crippen LogP contribution in [0.3, 0.4) is 0 Å². The van der Waals surface area contributed by atoms with Crippen LogP contribution in [0, 0.1) is 11.8 Å². The summed E-state index contributed by atoms with van der Waals surface area (Å²) in [5.41, 5.74) is 1.55. The van der Waals surface area contributed by atoms with Crippen LogP contribution in [0.25, 0.3) is 0 Å². The number of hydrogen-bond acceptors (Lipinski definition) is 3. The molecular weight excluding hydrogens is 202 g/mol. The molecular formula is C12H19N3O. The fraction of sp³-hybridized carbons (Fsp3) is 0.750. The van der Waals surface area contributed by atoms with Crippen molar-refractivity contribution >= 4 is 6.29 Å². The standard InChI is InChI=1S/C12H19N3O/c1-9(2)3-6-12-11(8-16)13-14-15(12)7-10-4-5-10/h8-10H,3-7H2,1-2H3. The van der Waals surface area contributed by atoms with Crippen molar-refractivity contribution in [3.05, 3.63) is 11.4 Å². The zero-order chi connectivity index (χ0) is 11.5. The maximum Gasteiger partial charge on any atom is 0.172 e. The van der Waals surface area contributed by atoms with Crippen LogP contribution in [0.15, 0.2) is 0 Å². The minimum Gasteiger partial charge on any atom is -0.296 e. The van der Waals surface area contributed by atoms with Crippen molar-refractivity contribution in [2.75, 3.05) is 0 Å². The van der Waals surface area contributed by atoms with Gasteiger partial charge in [0.25, 0.3) is 0 Å². The Morgan fingerprint density at radius 3 is 2.81 bits per heavy atom. The first-order chi connectivity index (χ1) is 7.70. The van der Waals surface area contributed by atoms with Crippen molar-refractivity contribution in [2.24, 2.45) is 11.8 Å². The number of carbonyl (C=O) groups is 1.